The van der Waals surface area contributed by atoms with Crippen LogP contribution in [0.4, 0.5) is 14.5 Å². The summed E-state index contributed by atoms with van der Waals surface area (Å²) in [5.41, 5.74) is -0.135. The van der Waals surface area contributed by atoms with Crippen molar-refractivity contribution in [1.82, 2.24) is 0 Å². The van der Waals surface area contributed by atoms with Crippen molar-refractivity contribution in [1.29, 1.82) is 0 Å². The zero-order chi connectivity index (χ0) is 14.7. The molecule has 0 aliphatic carbocycles. The van der Waals surface area contributed by atoms with Crippen molar-refractivity contribution >= 4 is 38.5 Å². The number of aliphatic imine (C=N–C) groups is 1. The van der Waals surface area contributed by atoms with E-state index in [1.54, 1.807) is 11.8 Å². The van der Waals surface area contributed by atoms with Crippen LogP contribution in [0.5, 0.6) is 0 Å². The highest BCUT2D eigenvalue weighted by atomic mass is 79.9. The lowest BCUT2D eigenvalue weighted by Gasteiger charge is -2.18. The van der Waals surface area contributed by atoms with Crippen LogP contribution in [-0.2, 0) is 0 Å². The molecule has 6 heteroatoms. The van der Waals surface area contributed by atoms with Crippen LogP contribution in [0.25, 0.3) is 0 Å². The van der Waals surface area contributed by atoms with E-state index in [1.807, 2.05) is 0 Å². The Morgan fingerprint density at radius 2 is 1.95 bits per heavy atom. The molecular weight excluding hydrogens is 346 g/mol. The molecule has 1 aliphatic heterocycles. The van der Waals surface area contributed by atoms with Gasteiger partial charge in [-0.1, -0.05) is 54.4 Å². The summed E-state index contributed by atoms with van der Waals surface area (Å²) in [6.07, 6.45) is 2.19. The summed E-state index contributed by atoms with van der Waals surface area (Å²) in [4.78, 5) is 4.36. The predicted molar refractivity (Wildman–Crippen MR) is 85.4 cm³/mol. The maximum atomic E-state index is 13.8. The first kappa shape index (κ1) is 15.8. The molecular formula is C14H17BrF2N2S. The number of nitrogens with zero attached hydrogens (tertiary/aromatic N) is 1. The Labute approximate surface area is 130 Å². The first-order valence-corrected chi connectivity index (χ1v) is 8.35. The summed E-state index contributed by atoms with van der Waals surface area (Å²) in [6.45, 7) is 5.03. The first-order chi connectivity index (χ1) is 9.55. The standard InChI is InChI=1S/C14H17BrF2N2S/c1-3-8(4-2)12-7-18-14(20-12)19-13-10(16)5-9(15)6-11(13)17/h5-6,8,12H,3-4,7H2,1-2H3,(H,18,19). The number of anilines is 1. The highest BCUT2D eigenvalue weighted by Gasteiger charge is 2.26. The highest BCUT2D eigenvalue weighted by molar-refractivity contribution is 9.10. The minimum absolute atomic E-state index is 0.135. The molecule has 1 N–H and O–H groups in total. The molecule has 0 fully saturated rings. The second kappa shape index (κ2) is 6.89. The number of rotatable bonds is 4. The van der Waals surface area contributed by atoms with Crippen molar-refractivity contribution < 1.29 is 8.78 Å². The fourth-order valence-corrected chi connectivity index (χ4v) is 4.01. The molecule has 1 aromatic rings. The van der Waals surface area contributed by atoms with Gasteiger partial charge in [0.15, 0.2) is 16.8 Å². The average molecular weight is 363 g/mol. The van der Waals surface area contributed by atoms with Gasteiger partial charge in [-0.25, -0.2) is 8.78 Å². The van der Waals surface area contributed by atoms with Crippen LogP contribution in [0.15, 0.2) is 21.6 Å². The summed E-state index contributed by atoms with van der Waals surface area (Å²) in [5.74, 6) is -0.653. The monoisotopic (exact) mass is 362 g/mol. The number of halogens is 3. The van der Waals surface area contributed by atoms with Gasteiger partial charge < -0.3 is 5.32 Å². The molecule has 1 heterocycles. The van der Waals surface area contributed by atoms with Crippen LogP contribution in [0.2, 0.25) is 0 Å². The van der Waals surface area contributed by atoms with E-state index < -0.39 is 11.6 Å². The molecule has 0 saturated carbocycles. The quantitative estimate of drug-likeness (QED) is 0.810. The van der Waals surface area contributed by atoms with E-state index in [0.29, 0.717) is 27.4 Å². The van der Waals surface area contributed by atoms with Crippen LogP contribution in [-0.4, -0.2) is 17.0 Å². The van der Waals surface area contributed by atoms with Gasteiger partial charge in [0.05, 0.1) is 6.54 Å². The molecule has 0 radical (unpaired) electrons. The lowest BCUT2D eigenvalue weighted by molar-refractivity contribution is 0.479. The number of amidine groups is 1. The van der Waals surface area contributed by atoms with Gasteiger partial charge in [0, 0.05) is 9.72 Å². The highest BCUT2D eigenvalue weighted by Crippen LogP contribution is 2.33. The van der Waals surface area contributed by atoms with Gasteiger partial charge in [-0.2, -0.15) is 0 Å². The normalized spacial score (nSPS) is 18.5. The van der Waals surface area contributed by atoms with Crippen LogP contribution in [0.1, 0.15) is 26.7 Å². The number of thioether (sulfide) groups is 1. The number of benzene rings is 1. The Morgan fingerprint density at radius 3 is 2.50 bits per heavy atom. The van der Waals surface area contributed by atoms with E-state index in [0.717, 1.165) is 12.8 Å². The van der Waals surface area contributed by atoms with Gasteiger partial charge in [-0.05, 0) is 18.1 Å². The number of nitrogens with one attached hydrogen (secondary N) is 1. The Hall–Kier alpha value is -0.620. The van der Waals surface area contributed by atoms with Gasteiger partial charge in [0.2, 0.25) is 0 Å². The SMILES string of the molecule is CCC(CC)C1CN=C(Nc2c(F)cc(Br)cc2F)S1. The number of hydrogen-bond donors (Lipinski definition) is 1. The number of hydrogen-bond acceptors (Lipinski definition) is 3. The summed E-state index contributed by atoms with van der Waals surface area (Å²) in [6, 6.07) is 2.48. The lowest BCUT2D eigenvalue weighted by atomic mass is 9.99. The molecule has 0 spiro atoms. The fourth-order valence-electron chi connectivity index (χ4n) is 2.29. The van der Waals surface area contributed by atoms with Gasteiger partial charge in [0.1, 0.15) is 5.69 Å². The third-order valence-corrected chi connectivity index (χ3v) is 5.24. The molecule has 20 heavy (non-hydrogen) atoms. The fraction of sp³-hybridized carbons (Fsp3) is 0.500. The van der Waals surface area contributed by atoms with E-state index in [9.17, 15) is 8.78 Å². The van der Waals surface area contributed by atoms with E-state index in [1.165, 1.54) is 12.1 Å². The van der Waals surface area contributed by atoms with Crippen LogP contribution in [0, 0.1) is 17.6 Å². The van der Waals surface area contributed by atoms with Crippen molar-refractivity contribution in [2.45, 2.75) is 31.9 Å². The third kappa shape index (κ3) is 3.52. The molecule has 0 amide bonds. The van der Waals surface area contributed by atoms with Crippen molar-refractivity contribution in [3.8, 4) is 0 Å². The van der Waals surface area contributed by atoms with Gasteiger partial charge in [-0.3, -0.25) is 4.99 Å². The molecule has 1 aromatic carbocycles. The van der Waals surface area contributed by atoms with E-state index >= 15 is 0 Å². The lowest BCUT2D eigenvalue weighted by Crippen LogP contribution is -2.18. The van der Waals surface area contributed by atoms with Crippen LogP contribution < -0.4 is 5.32 Å². The van der Waals surface area contributed by atoms with Gasteiger partial charge in [-0.15, -0.1) is 0 Å². The first-order valence-electron chi connectivity index (χ1n) is 6.67. The Kier molecular flexibility index (Phi) is 5.43. The molecule has 1 atom stereocenters. The second-order valence-corrected chi connectivity index (χ2v) is 6.89. The van der Waals surface area contributed by atoms with Crippen molar-refractivity contribution in [3.63, 3.8) is 0 Å². The molecule has 2 rings (SSSR count). The van der Waals surface area contributed by atoms with Crippen LogP contribution >= 0.6 is 27.7 Å². The van der Waals surface area contributed by atoms with Gasteiger partial charge in [0.25, 0.3) is 0 Å². The maximum absolute atomic E-state index is 13.8. The molecule has 1 unspecified atom stereocenters. The Bertz CT molecular complexity index is 495. The zero-order valence-electron chi connectivity index (χ0n) is 11.4. The topological polar surface area (TPSA) is 24.4 Å². The van der Waals surface area contributed by atoms with E-state index in [4.69, 9.17) is 0 Å². The minimum atomic E-state index is -0.619. The van der Waals surface area contributed by atoms with E-state index in [-0.39, 0.29) is 5.69 Å². The molecule has 0 aromatic heterocycles. The second-order valence-electron chi connectivity index (χ2n) is 4.75. The van der Waals surface area contributed by atoms with Gasteiger partial charge >= 0.3 is 0 Å². The summed E-state index contributed by atoms with van der Waals surface area (Å²) in [5, 5.41) is 3.78. The zero-order valence-corrected chi connectivity index (χ0v) is 13.8. The molecule has 2 nitrogen and oxygen atoms in total. The average Bonchev–Trinajstić information content (AvgIpc) is 2.84. The minimum Gasteiger partial charge on any atom is -0.330 e. The third-order valence-electron chi connectivity index (χ3n) is 3.49. The van der Waals surface area contributed by atoms with E-state index in [2.05, 4.69) is 40.1 Å². The van der Waals surface area contributed by atoms with Crippen molar-refractivity contribution in [2.75, 3.05) is 11.9 Å². The molecule has 110 valence electrons. The van der Waals surface area contributed by atoms with Crippen LogP contribution in [0.3, 0.4) is 0 Å². The Morgan fingerprint density at radius 1 is 1.35 bits per heavy atom. The summed E-state index contributed by atoms with van der Waals surface area (Å²) < 4.78 is 27.9. The molecule has 1 aliphatic rings. The molecule has 0 bridgehead atoms. The van der Waals surface area contributed by atoms with Crippen molar-refractivity contribution in [3.05, 3.63) is 28.2 Å². The summed E-state index contributed by atoms with van der Waals surface area (Å²) in [7, 11) is 0. The molecule has 0 saturated heterocycles. The van der Waals surface area contributed by atoms with Crippen molar-refractivity contribution in [2.24, 2.45) is 10.9 Å². The Balaban J connectivity index is 2.06. The smallest absolute Gasteiger partial charge is 0.161 e. The predicted octanol–water partition coefficient (Wildman–Crippen LogP) is 5.05. The summed E-state index contributed by atoms with van der Waals surface area (Å²) >= 11 is 4.64. The maximum Gasteiger partial charge on any atom is 0.161 e. The largest absolute Gasteiger partial charge is 0.330 e.